The van der Waals surface area contributed by atoms with E-state index in [4.69, 9.17) is 0 Å². The first-order valence-corrected chi connectivity index (χ1v) is 8.64. The molecule has 4 heteroatoms. The Bertz CT molecular complexity index is 494. The SMILES string of the molecule is CCCCC(C(Br)CCC)N1C(=O)c2ccccc2C1=O. The van der Waals surface area contributed by atoms with Crippen LogP contribution in [0.5, 0.6) is 0 Å². The van der Waals surface area contributed by atoms with E-state index in [2.05, 4.69) is 29.8 Å². The molecule has 2 amide bonds. The van der Waals surface area contributed by atoms with E-state index in [1.807, 2.05) is 12.1 Å². The van der Waals surface area contributed by atoms with E-state index in [1.54, 1.807) is 12.1 Å². The highest BCUT2D eigenvalue weighted by atomic mass is 79.9. The van der Waals surface area contributed by atoms with Gasteiger partial charge in [0, 0.05) is 4.83 Å². The Kier molecular flexibility index (Phi) is 5.57. The van der Waals surface area contributed by atoms with Crippen molar-refractivity contribution < 1.29 is 9.59 Å². The second kappa shape index (κ2) is 7.21. The molecular weight excluding hydrogens is 330 g/mol. The Morgan fingerprint density at radius 1 is 1.00 bits per heavy atom. The normalized spacial score (nSPS) is 17.0. The summed E-state index contributed by atoms with van der Waals surface area (Å²) < 4.78 is 0. The molecule has 1 aromatic rings. The molecular formula is C17H22BrNO2. The minimum absolute atomic E-state index is 0.0581. The Morgan fingerprint density at radius 2 is 1.57 bits per heavy atom. The van der Waals surface area contributed by atoms with E-state index in [0.29, 0.717) is 11.1 Å². The van der Waals surface area contributed by atoms with Crippen LogP contribution in [0.2, 0.25) is 0 Å². The molecule has 0 saturated heterocycles. The van der Waals surface area contributed by atoms with Crippen LogP contribution in [-0.4, -0.2) is 27.6 Å². The number of alkyl halides is 1. The molecule has 0 N–H and O–H groups in total. The topological polar surface area (TPSA) is 37.4 Å². The van der Waals surface area contributed by atoms with Gasteiger partial charge in [0.15, 0.2) is 0 Å². The number of fused-ring (bicyclic) bond motifs is 1. The molecule has 0 radical (unpaired) electrons. The van der Waals surface area contributed by atoms with Crippen molar-refractivity contribution in [2.75, 3.05) is 0 Å². The maximum absolute atomic E-state index is 12.6. The van der Waals surface area contributed by atoms with Crippen molar-refractivity contribution in [1.29, 1.82) is 0 Å². The number of benzene rings is 1. The minimum atomic E-state index is -0.141. The van der Waals surface area contributed by atoms with Crippen LogP contribution >= 0.6 is 15.9 Å². The molecule has 0 saturated carbocycles. The van der Waals surface area contributed by atoms with Gasteiger partial charge in [-0.05, 0) is 25.0 Å². The van der Waals surface area contributed by atoms with Gasteiger partial charge in [0.05, 0.1) is 17.2 Å². The first-order chi connectivity index (χ1) is 10.1. The molecule has 2 rings (SSSR count). The number of halogens is 1. The van der Waals surface area contributed by atoms with Crippen LogP contribution in [0.1, 0.15) is 66.7 Å². The van der Waals surface area contributed by atoms with Crippen LogP contribution in [0.3, 0.4) is 0 Å². The molecule has 114 valence electrons. The summed E-state index contributed by atoms with van der Waals surface area (Å²) >= 11 is 3.70. The van der Waals surface area contributed by atoms with Gasteiger partial charge in [-0.1, -0.05) is 61.2 Å². The zero-order valence-electron chi connectivity index (χ0n) is 12.6. The molecule has 0 fully saturated rings. The van der Waals surface area contributed by atoms with Gasteiger partial charge in [-0.25, -0.2) is 0 Å². The molecule has 0 bridgehead atoms. The Hall–Kier alpha value is -1.16. The average molecular weight is 352 g/mol. The highest BCUT2D eigenvalue weighted by Gasteiger charge is 2.41. The van der Waals surface area contributed by atoms with Crippen LogP contribution < -0.4 is 0 Å². The van der Waals surface area contributed by atoms with Crippen LogP contribution in [0, 0.1) is 0 Å². The van der Waals surface area contributed by atoms with E-state index in [9.17, 15) is 9.59 Å². The third-order valence-electron chi connectivity index (χ3n) is 3.99. The lowest BCUT2D eigenvalue weighted by atomic mass is 10.0. The summed E-state index contributed by atoms with van der Waals surface area (Å²) in [6.45, 7) is 4.25. The monoisotopic (exact) mass is 351 g/mol. The van der Waals surface area contributed by atoms with E-state index in [1.165, 1.54) is 4.90 Å². The number of amides is 2. The molecule has 1 aliphatic rings. The van der Waals surface area contributed by atoms with Gasteiger partial charge >= 0.3 is 0 Å². The highest BCUT2D eigenvalue weighted by Crippen LogP contribution is 2.30. The second-order valence-electron chi connectivity index (χ2n) is 5.54. The molecule has 21 heavy (non-hydrogen) atoms. The standard InChI is InChI=1S/C17H22BrNO2/c1-3-5-11-15(14(18)8-4-2)19-16(20)12-9-6-7-10-13(12)17(19)21/h6-7,9-10,14-15H,3-5,8,11H2,1-2H3. The molecule has 0 aliphatic carbocycles. The molecule has 1 aliphatic heterocycles. The van der Waals surface area contributed by atoms with Crippen molar-refractivity contribution in [2.24, 2.45) is 0 Å². The van der Waals surface area contributed by atoms with Gasteiger partial charge in [-0.2, -0.15) is 0 Å². The number of hydrogen-bond acceptors (Lipinski definition) is 2. The molecule has 0 aromatic heterocycles. The predicted molar refractivity (Wildman–Crippen MR) is 87.9 cm³/mol. The van der Waals surface area contributed by atoms with E-state index >= 15 is 0 Å². The number of nitrogens with zero attached hydrogens (tertiary/aromatic N) is 1. The summed E-state index contributed by atoms with van der Waals surface area (Å²) in [7, 11) is 0. The Morgan fingerprint density at radius 3 is 2.05 bits per heavy atom. The first-order valence-electron chi connectivity index (χ1n) is 7.72. The Labute approximate surface area is 134 Å². The number of carbonyl (C=O) groups excluding carboxylic acids is 2. The summed E-state index contributed by atoms with van der Waals surface area (Å²) in [6.07, 6.45) is 4.93. The quantitative estimate of drug-likeness (QED) is 0.539. The Balaban J connectivity index is 2.29. The van der Waals surface area contributed by atoms with Crippen LogP contribution in [-0.2, 0) is 0 Å². The second-order valence-corrected chi connectivity index (χ2v) is 6.72. The minimum Gasteiger partial charge on any atom is -0.270 e. The summed E-state index contributed by atoms with van der Waals surface area (Å²) in [5, 5.41) is 0. The molecule has 2 atom stereocenters. The zero-order valence-corrected chi connectivity index (χ0v) is 14.2. The van der Waals surface area contributed by atoms with Crippen molar-refractivity contribution in [3.63, 3.8) is 0 Å². The van der Waals surface area contributed by atoms with Crippen molar-refractivity contribution >= 4 is 27.7 Å². The third-order valence-corrected chi connectivity index (χ3v) is 5.06. The van der Waals surface area contributed by atoms with Gasteiger partial charge in [0.1, 0.15) is 0 Å². The van der Waals surface area contributed by atoms with Gasteiger partial charge in [-0.3, -0.25) is 14.5 Å². The van der Waals surface area contributed by atoms with E-state index in [-0.39, 0.29) is 22.7 Å². The van der Waals surface area contributed by atoms with Gasteiger partial charge in [-0.15, -0.1) is 0 Å². The maximum Gasteiger partial charge on any atom is 0.261 e. The number of rotatable bonds is 7. The lowest BCUT2D eigenvalue weighted by molar-refractivity contribution is 0.0570. The summed E-state index contributed by atoms with van der Waals surface area (Å²) in [5.74, 6) is -0.283. The number of carbonyl (C=O) groups is 2. The van der Waals surface area contributed by atoms with Crippen LogP contribution in [0.4, 0.5) is 0 Å². The third kappa shape index (κ3) is 3.20. The van der Waals surface area contributed by atoms with Crippen molar-refractivity contribution in [2.45, 2.75) is 56.8 Å². The van der Waals surface area contributed by atoms with Gasteiger partial charge < -0.3 is 0 Å². The molecule has 1 heterocycles. The van der Waals surface area contributed by atoms with E-state index < -0.39 is 0 Å². The largest absolute Gasteiger partial charge is 0.270 e. The highest BCUT2D eigenvalue weighted by molar-refractivity contribution is 9.09. The number of hydrogen-bond donors (Lipinski definition) is 0. The molecule has 0 spiro atoms. The lowest BCUT2D eigenvalue weighted by Crippen LogP contribution is -2.45. The summed E-state index contributed by atoms with van der Waals surface area (Å²) in [6, 6.07) is 7.06. The predicted octanol–water partition coefficient (Wildman–Crippen LogP) is 4.41. The molecule has 1 aromatic carbocycles. The summed E-state index contributed by atoms with van der Waals surface area (Å²) in [5.41, 5.74) is 1.08. The molecule has 3 nitrogen and oxygen atoms in total. The van der Waals surface area contributed by atoms with Gasteiger partial charge in [0.25, 0.3) is 11.8 Å². The fourth-order valence-electron chi connectivity index (χ4n) is 2.86. The van der Waals surface area contributed by atoms with Crippen LogP contribution in [0.25, 0.3) is 0 Å². The lowest BCUT2D eigenvalue weighted by Gasteiger charge is -2.30. The van der Waals surface area contributed by atoms with Crippen molar-refractivity contribution in [3.8, 4) is 0 Å². The van der Waals surface area contributed by atoms with Gasteiger partial charge in [0.2, 0.25) is 0 Å². The fraction of sp³-hybridized carbons (Fsp3) is 0.529. The van der Waals surface area contributed by atoms with Crippen molar-refractivity contribution in [1.82, 2.24) is 4.90 Å². The smallest absolute Gasteiger partial charge is 0.261 e. The fourth-order valence-corrected chi connectivity index (χ4v) is 3.82. The number of unbranched alkanes of at least 4 members (excludes halogenated alkanes) is 1. The summed E-state index contributed by atoms with van der Waals surface area (Å²) in [4.78, 5) is 26.9. The zero-order chi connectivity index (χ0) is 15.4. The number of imide groups is 1. The van der Waals surface area contributed by atoms with E-state index in [0.717, 1.165) is 32.1 Å². The van der Waals surface area contributed by atoms with Crippen LogP contribution in [0.15, 0.2) is 24.3 Å². The average Bonchev–Trinajstić information content (AvgIpc) is 2.73. The maximum atomic E-state index is 12.6. The van der Waals surface area contributed by atoms with Crippen molar-refractivity contribution in [3.05, 3.63) is 35.4 Å². The first kappa shape index (κ1) is 16.2. The molecule has 2 unspecified atom stereocenters.